The van der Waals surface area contributed by atoms with Crippen molar-refractivity contribution in [1.29, 1.82) is 0 Å². The maximum Gasteiger partial charge on any atom is 0.220 e. The Labute approximate surface area is 165 Å². The van der Waals surface area contributed by atoms with E-state index in [1.165, 1.54) is 51.7 Å². The Hall–Kier alpha value is -0.650. The van der Waals surface area contributed by atoms with Crippen LogP contribution in [0.4, 0.5) is 0 Å². The molecule has 4 aliphatic rings. The van der Waals surface area contributed by atoms with Gasteiger partial charge in [0, 0.05) is 31.1 Å². The van der Waals surface area contributed by atoms with Gasteiger partial charge < -0.3 is 15.1 Å². The van der Waals surface area contributed by atoms with Gasteiger partial charge in [0.05, 0.1) is 0 Å². The number of likely N-dealkylation sites (tertiary alicyclic amines) is 2. The molecule has 4 rings (SSSR count). The highest BCUT2D eigenvalue weighted by atomic mass is 16.1. The first kappa shape index (κ1) is 19.7. The third-order valence-corrected chi connectivity index (χ3v) is 7.92. The molecule has 0 aromatic rings. The maximum atomic E-state index is 12.4. The normalized spacial score (nSPS) is 36.4. The monoisotopic (exact) mass is 376 g/mol. The molecular formula is C22H40N4O. The first-order valence-corrected chi connectivity index (χ1v) is 11.5. The van der Waals surface area contributed by atoms with Crippen molar-refractivity contribution in [2.75, 3.05) is 46.8 Å². The van der Waals surface area contributed by atoms with Crippen LogP contribution < -0.4 is 5.32 Å². The quantitative estimate of drug-likeness (QED) is 0.798. The lowest BCUT2D eigenvalue weighted by Gasteiger charge is -2.57. The highest BCUT2D eigenvalue weighted by molar-refractivity contribution is 5.76. The van der Waals surface area contributed by atoms with Crippen LogP contribution in [0.15, 0.2) is 0 Å². The first-order chi connectivity index (χ1) is 13.1. The number of nitrogens with zero attached hydrogens (tertiary/aromatic N) is 3. The molecule has 5 nitrogen and oxygen atoms in total. The van der Waals surface area contributed by atoms with E-state index in [-0.39, 0.29) is 5.91 Å². The van der Waals surface area contributed by atoms with Crippen LogP contribution >= 0.6 is 0 Å². The number of nitrogens with one attached hydrogen (secondary N) is 1. The molecule has 0 aromatic heterocycles. The third-order valence-electron chi connectivity index (χ3n) is 7.92. The van der Waals surface area contributed by atoms with Crippen LogP contribution in [-0.4, -0.2) is 85.6 Å². The predicted octanol–water partition coefficient (Wildman–Crippen LogP) is 2.17. The molecule has 5 heteroatoms. The van der Waals surface area contributed by atoms with Gasteiger partial charge >= 0.3 is 0 Å². The van der Waals surface area contributed by atoms with Crippen molar-refractivity contribution in [3.63, 3.8) is 0 Å². The Morgan fingerprint density at radius 1 is 1.00 bits per heavy atom. The van der Waals surface area contributed by atoms with E-state index in [9.17, 15) is 4.79 Å². The molecule has 4 saturated heterocycles. The molecule has 154 valence electrons. The molecule has 4 heterocycles. The second-order valence-corrected chi connectivity index (χ2v) is 9.78. The number of rotatable bonds is 5. The van der Waals surface area contributed by atoms with Crippen LogP contribution in [0.2, 0.25) is 0 Å². The number of amides is 1. The number of carbonyl (C=O) groups is 1. The Balaban J connectivity index is 1.25. The summed E-state index contributed by atoms with van der Waals surface area (Å²) in [5.74, 6) is 2.00. The largest absolute Gasteiger partial charge is 0.353 e. The zero-order chi connectivity index (χ0) is 18.8. The molecule has 0 radical (unpaired) electrons. The van der Waals surface area contributed by atoms with Crippen LogP contribution in [0.1, 0.15) is 57.8 Å². The average molecular weight is 377 g/mol. The highest BCUT2D eigenvalue weighted by Crippen LogP contribution is 2.42. The average Bonchev–Trinajstić information content (AvgIpc) is 2.66. The summed E-state index contributed by atoms with van der Waals surface area (Å²) in [6.45, 7) is 6.14. The molecule has 0 spiro atoms. The minimum absolute atomic E-state index is 0.281. The van der Waals surface area contributed by atoms with Crippen LogP contribution in [0.3, 0.4) is 0 Å². The fourth-order valence-corrected chi connectivity index (χ4v) is 6.57. The zero-order valence-corrected chi connectivity index (χ0v) is 17.5. The van der Waals surface area contributed by atoms with Gasteiger partial charge in [0.2, 0.25) is 5.91 Å². The minimum atomic E-state index is 0.281. The van der Waals surface area contributed by atoms with Crippen molar-refractivity contribution < 1.29 is 4.79 Å². The topological polar surface area (TPSA) is 38.8 Å². The minimum Gasteiger partial charge on any atom is -0.353 e. The van der Waals surface area contributed by atoms with Crippen LogP contribution in [0.5, 0.6) is 0 Å². The van der Waals surface area contributed by atoms with E-state index in [1.54, 1.807) is 0 Å². The summed E-state index contributed by atoms with van der Waals surface area (Å²) < 4.78 is 0. The molecule has 0 aromatic carbocycles. The number of hydrogen-bond acceptors (Lipinski definition) is 4. The number of carbonyl (C=O) groups excluding carboxylic acids is 1. The summed E-state index contributed by atoms with van der Waals surface area (Å²) in [6.07, 6.45) is 10.7. The SMILES string of the molecule is CN1CCC(NC(=O)CCC[C@@H]2[C@H]3CCCN4CCC[C@@H](CN2C)[C@@H]34)CC1. The number of piperidine rings is 4. The summed E-state index contributed by atoms with van der Waals surface area (Å²) in [6, 6.07) is 1.92. The fraction of sp³-hybridized carbons (Fsp3) is 0.955. The summed E-state index contributed by atoms with van der Waals surface area (Å²) in [5, 5.41) is 3.29. The van der Waals surface area contributed by atoms with E-state index < -0.39 is 0 Å². The van der Waals surface area contributed by atoms with Gasteiger partial charge in [-0.15, -0.1) is 0 Å². The Kier molecular flexibility index (Phi) is 6.40. The van der Waals surface area contributed by atoms with Gasteiger partial charge in [-0.2, -0.15) is 0 Å². The van der Waals surface area contributed by atoms with Crippen molar-refractivity contribution in [1.82, 2.24) is 20.0 Å². The Bertz CT molecular complexity index is 503. The second-order valence-electron chi connectivity index (χ2n) is 9.78. The van der Waals surface area contributed by atoms with Gasteiger partial charge in [0.15, 0.2) is 0 Å². The predicted molar refractivity (Wildman–Crippen MR) is 110 cm³/mol. The molecule has 4 atom stereocenters. The van der Waals surface area contributed by atoms with Gasteiger partial charge in [-0.1, -0.05) is 0 Å². The lowest BCUT2D eigenvalue weighted by atomic mass is 9.69. The molecule has 0 bridgehead atoms. The van der Waals surface area contributed by atoms with Gasteiger partial charge in [-0.25, -0.2) is 0 Å². The van der Waals surface area contributed by atoms with Gasteiger partial charge in [0.25, 0.3) is 0 Å². The summed E-state index contributed by atoms with van der Waals surface area (Å²) in [4.78, 5) is 20.2. The van der Waals surface area contributed by atoms with Crippen LogP contribution in [0.25, 0.3) is 0 Å². The molecule has 0 saturated carbocycles. The molecule has 4 fully saturated rings. The molecule has 1 N–H and O–H groups in total. The maximum absolute atomic E-state index is 12.4. The lowest BCUT2D eigenvalue weighted by Crippen LogP contribution is -2.63. The van der Waals surface area contributed by atoms with Gasteiger partial charge in [-0.3, -0.25) is 9.69 Å². The third kappa shape index (κ3) is 4.51. The standard InChI is InChI=1S/C22H40N4O/c1-24-14-10-18(11-15-24)23-21(27)9-3-8-20-19-7-5-13-26-12-4-6-17(22(19)26)16-25(20)2/h17-20,22H,3-16H2,1-2H3,(H,23,27)/t17-,19+,20+,22-/m0/s1. The van der Waals surface area contributed by atoms with Crippen molar-refractivity contribution in [2.45, 2.75) is 75.9 Å². The second kappa shape index (κ2) is 8.79. The van der Waals surface area contributed by atoms with Gasteiger partial charge in [0.1, 0.15) is 0 Å². The molecule has 27 heavy (non-hydrogen) atoms. The van der Waals surface area contributed by atoms with E-state index in [4.69, 9.17) is 0 Å². The lowest BCUT2D eigenvalue weighted by molar-refractivity contribution is -0.122. The first-order valence-electron chi connectivity index (χ1n) is 11.5. The molecule has 0 unspecified atom stereocenters. The summed E-state index contributed by atoms with van der Waals surface area (Å²) in [7, 11) is 4.51. The van der Waals surface area contributed by atoms with Gasteiger partial charge in [-0.05, 0) is 103 Å². The van der Waals surface area contributed by atoms with E-state index in [0.717, 1.165) is 50.2 Å². The van der Waals surface area contributed by atoms with Crippen LogP contribution in [0, 0.1) is 11.8 Å². The van der Waals surface area contributed by atoms with E-state index in [1.807, 2.05) is 0 Å². The molecule has 1 amide bonds. The van der Waals surface area contributed by atoms with Crippen molar-refractivity contribution >= 4 is 5.91 Å². The van der Waals surface area contributed by atoms with Crippen molar-refractivity contribution in [3.05, 3.63) is 0 Å². The van der Waals surface area contributed by atoms with E-state index in [2.05, 4.69) is 34.1 Å². The van der Waals surface area contributed by atoms with Crippen molar-refractivity contribution in [3.8, 4) is 0 Å². The smallest absolute Gasteiger partial charge is 0.220 e. The summed E-state index contributed by atoms with van der Waals surface area (Å²) in [5.41, 5.74) is 0. The zero-order valence-electron chi connectivity index (χ0n) is 17.5. The number of hydrogen-bond donors (Lipinski definition) is 1. The van der Waals surface area contributed by atoms with Crippen LogP contribution in [-0.2, 0) is 4.79 Å². The van der Waals surface area contributed by atoms with E-state index in [0.29, 0.717) is 18.5 Å². The Morgan fingerprint density at radius 3 is 2.52 bits per heavy atom. The fourth-order valence-electron chi connectivity index (χ4n) is 6.57. The Morgan fingerprint density at radius 2 is 1.74 bits per heavy atom. The van der Waals surface area contributed by atoms with E-state index >= 15 is 0 Å². The molecule has 0 aliphatic carbocycles. The highest BCUT2D eigenvalue weighted by Gasteiger charge is 2.47. The molecular weight excluding hydrogens is 336 g/mol. The van der Waals surface area contributed by atoms with Crippen molar-refractivity contribution in [2.24, 2.45) is 11.8 Å². The molecule has 4 aliphatic heterocycles. The summed E-state index contributed by atoms with van der Waals surface area (Å²) >= 11 is 0.